The summed E-state index contributed by atoms with van der Waals surface area (Å²) in [5.74, 6) is 0.391. The van der Waals surface area contributed by atoms with Crippen LogP contribution in [0.4, 0.5) is 0 Å². The van der Waals surface area contributed by atoms with Crippen molar-refractivity contribution in [1.82, 2.24) is 4.90 Å². The normalized spacial score (nSPS) is 18.5. The first kappa shape index (κ1) is 14.3. The van der Waals surface area contributed by atoms with Gasteiger partial charge < -0.3 is 0 Å². The Morgan fingerprint density at radius 1 is 1.21 bits per heavy atom. The Bertz CT molecular complexity index is 444. The first-order valence-corrected chi connectivity index (χ1v) is 7.31. The lowest BCUT2D eigenvalue weighted by atomic mass is 9.76. The molecule has 19 heavy (non-hydrogen) atoms. The fraction of sp³-hybridized carbons (Fsp3) is 0.588. The fourth-order valence-electron chi connectivity index (χ4n) is 3.28. The van der Waals surface area contributed by atoms with Gasteiger partial charge in [-0.05, 0) is 39.4 Å². The van der Waals surface area contributed by atoms with Crippen molar-refractivity contribution in [3.8, 4) is 0 Å². The molecule has 2 rings (SSSR count). The number of ketones is 1. The number of nitrogens with zero attached hydrogens (tertiary/aromatic N) is 1. The van der Waals surface area contributed by atoms with Crippen molar-refractivity contribution >= 4 is 5.78 Å². The molecule has 0 saturated heterocycles. The SMILES string of the molecule is Cc1cccc(CC(=O)C2(N(C)C)CCCCC2)c1. The molecule has 0 unspecified atom stereocenters. The first-order valence-electron chi connectivity index (χ1n) is 7.31. The zero-order chi connectivity index (χ0) is 13.9. The van der Waals surface area contributed by atoms with Crippen molar-refractivity contribution in [2.75, 3.05) is 14.1 Å². The third kappa shape index (κ3) is 3.06. The highest BCUT2D eigenvalue weighted by Crippen LogP contribution is 2.34. The average molecular weight is 259 g/mol. The third-order valence-electron chi connectivity index (χ3n) is 4.50. The number of benzene rings is 1. The summed E-state index contributed by atoms with van der Waals surface area (Å²) in [5.41, 5.74) is 2.16. The predicted octanol–water partition coefficient (Wildman–Crippen LogP) is 3.37. The van der Waals surface area contributed by atoms with E-state index in [-0.39, 0.29) is 5.54 Å². The molecule has 1 aromatic carbocycles. The molecule has 1 aliphatic carbocycles. The largest absolute Gasteiger partial charge is 0.297 e. The molecule has 1 aliphatic rings. The quantitative estimate of drug-likeness (QED) is 0.826. The predicted molar refractivity (Wildman–Crippen MR) is 79.4 cm³/mol. The molecule has 1 aromatic rings. The van der Waals surface area contributed by atoms with E-state index in [9.17, 15) is 4.79 Å². The lowest BCUT2D eigenvalue weighted by Gasteiger charge is -2.41. The van der Waals surface area contributed by atoms with E-state index in [1.165, 1.54) is 24.8 Å². The highest BCUT2D eigenvalue weighted by molar-refractivity contribution is 5.90. The number of Topliss-reactive ketones (excluding diaryl/α,β-unsaturated/α-hetero) is 1. The van der Waals surface area contributed by atoms with Gasteiger partial charge in [-0.15, -0.1) is 0 Å². The Balaban J connectivity index is 2.16. The third-order valence-corrected chi connectivity index (χ3v) is 4.50. The number of aryl methyl sites for hydroxylation is 1. The summed E-state index contributed by atoms with van der Waals surface area (Å²) >= 11 is 0. The molecule has 0 spiro atoms. The van der Waals surface area contributed by atoms with Crippen LogP contribution in [0.5, 0.6) is 0 Å². The molecule has 2 heteroatoms. The van der Waals surface area contributed by atoms with Gasteiger partial charge in [-0.2, -0.15) is 0 Å². The van der Waals surface area contributed by atoms with Gasteiger partial charge in [0.2, 0.25) is 0 Å². The van der Waals surface area contributed by atoms with Gasteiger partial charge in [0.25, 0.3) is 0 Å². The van der Waals surface area contributed by atoms with Gasteiger partial charge in [0.1, 0.15) is 0 Å². The smallest absolute Gasteiger partial charge is 0.157 e. The summed E-state index contributed by atoms with van der Waals surface area (Å²) in [4.78, 5) is 15.0. The van der Waals surface area contributed by atoms with Crippen LogP contribution in [-0.2, 0) is 11.2 Å². The van der Waals surface area contributed by atoms with Crippen LogP contribution >= 0.6 is 0 Å². The van der Waals surface area contributed by atoms with Crippen LogP contribution in [-0.4, -0.2) is 30.3 Å². The van der Waals surface area contributed by atoms with E-state index >= 15 is 0 Å². The van der Waals surface area contributed by atoms with Crippen molar-refractivity contribution in [2.45, 2.75) is 51.0 Å². The molecule has 0 N–H and O–H groups in total. The fourth-order valence-corrected chi connectivity index (χ4v) is 3.28. The molecule has 0 aliphatic heterocycles. The van der Waals surface area contributed by atoms with Crippen LogP contribution < -0.4 is 0 Å². The summed E-state index contributed by atoms with van der Waals surface area (Å²) in [6, 6.07) is 8.32. The molecular weight excluding hydrogens is 234 g/mol. The Hall–Kier alpha value is -1.15. The number of likely N-dealkylation sites (N-methyl/N-ethyl adjacent to an activating group) is 1. The minimum Gasteiger partial charge on any atom is -0.297 e. The first-order chi connectivity index (χ1) is 9.04. The topological polar surface area (TPSA) is 20.3 Å². The Labute approximate surface area is 116 Å². The highest BCUT2D eigenvalue weighted by atomic mass is 16.1. The van der Waals surface area contributed by atoms with Crippen LogP contribution in [0.2, 0.25) is 0 Å². The minimum atomic E-state index is -0.220. The van der Waals surface area contributed by atoms with E-state index in [1.807, 2.05) is 6.07 Å². The molecular formula is C17H25NO. The molecule has 0 aromatic heterocycles. The highest BCUT2D eigenvalue weighted by Gasteiger charge is 2.40. The summed E-state index contributed by atoms with van der Waals surface area (Å²) < 4.78 is 0. The van der Waals surface area contributed by atoms with E-state index in [0.717, 1.165) is 18.4 Å². The van der Waals surface area contributed by atoms with Crippen LogP contribution in [0.25, 0.3) is 0 Å². The van der Waals surface area contributed by atoms with Gasteiger partial charge in [0.15, 0.2) is 5.78 Å². The molecule has 0 heterocycles. The van der Waals surface area contributed by atoms with Crippen LogP contribution in [0.1, 0.15) is 43.2 Å². The molecule has 0 amide bonds. The van der Waals surface area contributed by atoms with Gasteiger partial charge in [-0.1, -0.05) is 49.1 Å². The van der Waals surface area contributed by atoms with Crippen molar-refractivity contribution in [3.63, 3.8) is 0 Å². The Kier molecular flexibility index (Phi) is 4.41. The summed E-state index contributed by atoms with van der Waals surface area (Å²) in [7, 11) is 4.11. The number of carbonyl (C=O) groups excluding carboxylic acids is 1. The molecule has 104 valence electrons. The van der Waals surface area contributed by atoms with Crippen LogP contribution in [0.3, 0.4) is 0 Å². The maximum atomic E-state index is 12.8. The standard InChI is InChI=1S/C17H25NO/c1-14-8-7-9-15(12-14)13-16(19)17(18(2)3)10-5-4-6-11-17/h7-9,12H,4-6,10-11,13H2,1-3H3. The number of hydrogen-bond acceptors (Lipinski definition) is 2. The van der Waals surface area contributed by atoms with Gasteiger partial charge in [0.05, 0.1) is 5.54 Å². The van der Waals surface area contributed by atoms with Gasteiger partial charge in [-0.3, -0.25) is 9.69 Å². The zero-order valence-electron chi connectivity index (χ0n) is 12.4. The minimum absolute atomic E-state index is 0.220. The van der Waals surface area contributed by atoms with Gasteiger partial charge in [0, 0.05) is 6.42 Å². The molecule has 2 nitrogen and oxygen atoms in total. The maximum absolute atomic E-state index is 12.8. The Morgan fingerprint density at radius 2 is 1.89 bits per heavy atom. The van der Waals surface area contributed by atoms with Crippen molar-refractivity contribution < 1.29 is 4.79 Å². The zero-order valence-corrected chi connectivity index (χ0v) is 12.4. The number of hydrogen-bond donors (Lipinski definition) is 0. The van der Waals surface area contributed by atoms with E-state index in [0.29, 0.717) is 12.2 Å². The van der Waals surface area contributed by atoms with Crippen molar-refractivity contribution in [3.05, 3.63) is 35.4 Å². The average Bonchev–Trinajstić information content (AvgIpc) is 2.39. The van der Waals surface area contributed by atoms with E-state index in [1.54, 1.807) is 0 Å². The second kappa shape index (κ2) is 5.87. The molecule has 0 bridgehead atoms. The summed E-state index contributed by atoms with van der Waals surface area (Å²) in [6.45, 7) is 2.08. The van der Waals surface area contributed by atoms with Crippen LogP contribution in [0.15, 0.2) is 24.3 Å². The summed E-state index contributed by atoms with van der Waals surface area (Å²) in [6.07, 6.45) is 6.23. The summed E-state index contributed by atoms with van der Waals surface area (Å²) in [5, 5.41) is 0. The van der Waals surface area contributed by atoms with Crippen LogP contribution in [0, 0.1) is 6.92 Å². The second-order valence-electron chi connectivity index (χ2n) is 6.08. The molecule has 1 saturated carbocycles. The van der Waals surface area contributed by atoms with E-state index < -0.39 is 0 Å². The maximum Gasteiger partial charge on any atom is 0.157 e. The van der Waals surface area contributed by atoms with Gasteiger partial charge >= 0.3 is 0 Å². The molecule has 1 fully saturated rings. The number of carbonyl (C=O) groups is 1. The van der Waals surface area contributed by atoms with Crippen molar-refractivity contribution in [2.24, 2.45) is 0 Å². The van der Waals surface area contributed by atoms with Crippen molar-refractivity contribution in [1.29, 1.82) is 0 Å². The van der Waals surface area contributed by atoms with Gasteiger partial charge in [-0.25, -0.2) is 0 Å². The molecule has 0 radical (unpaired) electrons. The second-order valence-corrected chi connectivity index (χ2v) is 6.08. The monoisotopic (exact) mass is 259 g/mol. The Morgan fingerprint density at radius 3 is 2.47 bits per heavy atom. The number of rotatable bonds is 4. The van der Waals surface area contributed by atoms with E-state index in [2.05, 4.69) is 44.1 Å². The lowest BCUT2D eigenvalue weighted by molar-refractivity contribution is -0.131. The lowest BCUT2D eigenvalue weighted by Crippen LogP contribution is -2.53. The van der Waals surface area contributed by atoms with E-state index in [4.69, 9.17) is 0 Å². The molecule has 0 atom stereocenters.